The highest BCUT2D eigenvalue weighted by Gasteiger charge is 2.37. The van der Waals surface area contributed by atoms with Gasteiger partial charge in [0.15, 0.2) is 0 Å². The number of nitrogens with zero attached hydrogens (tertiary/aromatic N) is 5. The number of nitrogen functional groups attached to an aromatic ring is 1. The number of hydrogen-bond acceptors (Lipinski definition) is 9. The van der Waals surface area contributed by atoms with Crippen molar-refractivity contribution in [2.75, 3.05) is 30.8 Å². The van der Waals surface area contributed by atoms with Crippen molar-refractivity contribution in [3.8, 4) is 11.3 Å². The van der Waals surface area contributed by atoms with Crippen LogP contribution >= 0.6 is 0 Å². The first kappa shape index (κ1) is 29.8. The van der Waals surface area contributed by atoms with E-state index in [0.717, 1.165) is 18.3 Å². The zero-order chi connectivity index (χ0) is 31.1. The van der Waals surface area contributed by atoms with Crippen LogP contribution < -0.4 is 11.1 Å². The first-order valence-electron chi connectivity index (χ1n) is 12.9. The molecule has 1 fully saturated rings. The van der Waals surface area contributed by atoms with Crippen molar-refractivity contribution >= 4 is 29.0 Å². The van der Waals surface area contributed by atoms with Crippen LogP contribution in [-0.2, 0) is 15.7 Å². The molecule has 2 amide bonds. The van der Waals surface area contributed by atoms with Crippen LogP contribution in [-0.4, -0.2) is 78.2 Å². The summed E-state index contributed by atoms with van der Waals surface area (Å²) >= 11 is 0. The number of alkyl halides is 3. The van der Waals surface area contributed by atoms with E-state index in [4.69, 9.17) is 10.5 Å². The van der Waals surface area contributed by atoms with E-state index in [1.807, 2.05) is 0 Å². The van der Waals surface area contributed by atoms with Crippen LogP contribution in [0.4, 0.5) is 29.2 Å². The Kier molecular flexibility index (Phi) is 8.00. The third-order valence-electron chi connectivity index (χ3n) is 6.86. The van der Waals surface area contributed by atoms with Gasteiger partial charge >= 0.3 is 6.18 Å². The Hall–Kier alpha value is -4.67. The van der Waals surface area contributed by atoms with E-state index in [0.29, 0.717) is 6.07 Å². The smallest absolute Gasteiger partial charge is 0.394 e. The number of carbonyl (C=O) groups excluding carboxylic acids is 2. The Morgan fingerprint density at radius 2 is 1.98 bits per heavy atom. The lowest BCUT2D eigenvalue weighted by atomic mass is 10.1. The van der Waals surface area contributed by atoms with E-state index < -0.39 is 54.2 Å². The maximum Gasteiger partial charge on any atom is 0.416 e. The highest BCUT2D eigenvalue weighted by Crippen LogP contribution is 2.35. The largest absolute Gasteiger partial charge is 0.416 e. The van der Waals surface area contributed by atoms with Gasteiger partial charge in [-0.25, -0.2) is 19.3 Å². The molecule has 16 heteroatoms. The zero-order valence-corrected chi connectivity index (χ0v) is 22.4. The molecule has 0 saturated carbocycles. The standard InChI is InChI=1S/C27H25F4N7O5/c1-13(40)26(42)38-10-19(43-12-16(38)11-39)24-36-21(22-23(32)34-6-7-37(22)24)17-3-2-14(8-18(17)28)25(41)35-20-9-15(4-5-33-20)27(29,30)31/h2-9,13,16,19,39-40H,10-12H2,1H3,(H2,32,34)(H,33,35,41)/t13?,16-,19-/m1/s1. The van der Waals surface area contributed by atoms with Gasteiger partial charge < -0.3 is 30.9 Å². The van der Waals surface area contributed by atoms with Crippen LogP contribution in [0, 0.1) is 5.82 Å². The Morgan fingerprint density at radius 3 is 2.65 bits per heavy atom. The fraction of sp³-hybridized carbons (Fsp3) is 0.296. The Bertz CT molecular complexity index is 1690. The van der Waals surface area contributed by atoms with Gasteiger partial charge in [-0.1, -0.05) is 0 Å². The lowest BCUT2D eigenvalue weighted by molar-refractivity contribution is -0.156. The van der Waals surface area contributed by atoms with Gasteiger partial charge in [-0.05, 0) is 37.3 Å². The van der Waals surface area contributed by atoms with Gasteiger partial charge in [0, 0.05) is 29.7 Å². The highest BCUT2D eigenvalue weighted by atomic mass is 19.4. The predicted molar refractivity (Wildman–Crippen MR) is 143 cm³/mol. The van der Waals surface area contributed by atoms with Crippen molar-refractivity contribution in [3.63, 3.8) is 0 Å². The molecule has 0 bridgehead atoms. The number of hydrogen-bond donors (Lipinski definition) is 4. The van der Waals surface area contributed by atoms with Crippen LogP contribution in [0.25, 0.3) is 16.8 Å². The van der Waals surface area contributed by atoms with Gasteiger partial charge in [0.1, 0.15) is 46.7 Å². The summed E-state index contributed by atoms with van der Waals surface area (Å²) in [5, 5.41) is 21.8. The number of ether oxygens (including phenoxy) is 1. The minimum Gasteiger partial charge on any atom is -0.394 e. The average molecular weight is 604 g/mol. The number of nitrogens with two attached hydrogens (primary N) is 1. The Morgan fingerprint density at radius 1 is 1.21 bits per heavy atom. The molecule has 0 spiro atoms. The van der Waals surface area contributed by atoms with Crippen LogP contribution in [0.3, 0.4) is 0 Å². The minimum atomic E-state index is -4.65. The van der Waals surface area contributed by atoms with E-state index >= 15 is 4.39 Å². The second-order valence-corrected chi connectivity index (χ2v) is 9.75. The van der Waals surface area contributed by atoms with Crippen molar-refractivity contribution in [1.82, 2.24) is 24.3 Å². The minimum absolute atomic E-state index is 0.00551. The number of carbonyl (C=O) groups is 2. The number of aliphatic hydroxyl groups excluding tert-OH is 2. The monoisotopic (exact) mass is 603 g/mol. The number of morpholine rings is 1. The number of amides is 2. The number of halogens is 4. The highest BCUT2D eigenvalue weighted by molar-refractivity contribution is 6.04. The number of imidazole rings is 1. The predicted octanol–water partition coefficient (Wildman–Crippen LogP) is 2.43. The van der Waals surface area contributed by atoms with Gasteiger partial charge in [-0.3, -0.25) is 14.0 Å². The summed E-state index contributed by atoms with van der Waals surface area (Å²) in [4.78, 5) is 38.9. The first-order valence-corrected chi connectivity index (χ1v) is 12.9. The van der Waals surface area contributed by atoms with Gasteiger partial charge in [-0.15, -0.1) is 0 Å². The van der Waals surface area contributed by atoms with Gasteiger partial charge in [-0.2, -0.15) is 13.2 Å². The second kappa shape index (κ2) is 11.5. The molecule has 0 radical (unpaired) electrons. The van der Waals surface area contributed by atoms with E-state index in [1.54, 1.807) is 0 Å². The Labute approximate surface area is 240 Å². The molecular weight excluding hydrogens is 578 g/mol. The fourth-order valence-corrected chi connectivity index (χ4v) is 4.73. The number of rotatable bonds is 6. The molecule has 3 aromatic heterocycles. The molecule has 12 nitrogen and oxygen atoms in total. The average Bonchev–Trinajstić information content (AvgIpc) is 3.36. The normalized spacial score (nSPS) is 18.1. The lowest BCUT2D eigenvalue weighted by Crippen LogP contribution is -2.54. The molecular formula is C27H25F4N7O5. The van der Waals surface area contributed by atoms with Crippen molar-refractivity contribution < 1.29 is 42.1 Å². The summed E-state index contributed by atoms with van der Waals surface area (Å²) in [5.74, 6) is -2.55. The van der Waals surface area contributed by atoms with Crippen LogP contribution in [0.2, 0.25) is 0 Å². The van der Waals surface area contributed by atoms with Crippen LogP contribution in [0.5, 0.6) is 0 Å². The maximum atomic E-state index is 15.5. The number of fused-ring (bicyclic) bond motifs is 1. The summed E-state index contributed by atoms with van der Waals surface area (Å²) < 4.78 is 62.0. The van der Waals surface area contributed by atoms with Crippen molar-refractivity contribution in [2.45, 2.75) is 31.3 Å². The summed E-state index contributed by atoms with van der Waals surface area (Å²) in [5.41, 5.74) is 5.11. The molecule has 4 heterocycles. The maximum absolute atomic E-state index is 15.5. The van der Waals surface area contributed by atoms with Crippen LogP contribution in [0.1, 0.15) is 34.8 Å². The lowest BCUT2D eigenvalue weighted by Gasteiger charge is -2.39. The number of aliphatic hydroxyl groups is 2. The molecule has 3 atom stereocenters. The summed E-state index contributed by atoms with van der Waals surface area (Å²) in [6.45, 7) is 0.758. The molecule has 1 saturated heterocycles. The molecule has 226 valence electrons. The molecule has 4 aromatic rings. The van der Waals surface area contributed by atoms with Gasteiger partial charge in [0.2, 0.25) is 0 Å². The number of aromatic nitrogens is 4. The molecule has 1 aromatic carbocycles. The SMILES string of the molecule is CC(O)C(=O)N1C[C@H](c2nc(-c3ccc(C(=O)Nc4cc(C(F)(F)F)ccn4)cc3F)c3c(N)nccn23)OC[C@H]1CO. The molecule has 5 rings (SSSR count). The molecule has 5 N–H and O–H groups in total. The number of benzene rings is 1. The topological polar surface area (TPSA) is 168 Å². The summed E-state index contributed by atoms with van der Waals surface area (Å²) in [7, 11) is 0. The third kappa shape index (κ3) is 5.84. The van der Waals surface area contributed by atoms with Crippen molar-refractivity contribution in [2.24, 2.45) is 0 Å². The van der Waals surface area contributed by atoms with Gasteiger partial charge in [0.25, 0.3) is 11.8 Å². The van der Waals surface area contributed by atoms with E-state index in [1.165, 1.54) is 40.8 Å². The molecule has 1 aliphatic rings. The summed E-state index contributed by atoms with van der Waals surface area (Å²) in [6.07, 6.45) is -3.03. The van der Waals surface area contributed by atoms with Gasteiger partial charge in [0.05, 0.1) is 31.4 Å². The number of anilines is 2. The Balaban J connectivity index is 1.47. The number of pyridine rings is 1. The molecule has 43 heavy (non-hydrogen) atoms. The quantitative estimate of drug-likeness (QED) is 0.242. The van der Waals surface area contributed by atoms with Crippen molar-refractivity contribution in [1.29, 1.82) is 0 Å². The number of nitrogens with one attached hydrogen (secondary N) is 1. The molecule has 0 aliphatic carbocycles. The van der Waals surface area contributed by atoms with Crippen LogP contribution in [0.15, 0.2) is 48.9 Å². The van der Waals surface area contributed by atoms with E-state index in [9.17, 15) is 33.0 Å². The summed E-state index contributed by atoms with van der Waals surface area (Å²) in [6, 6.07) is 4.11. The fourth-order valence-electron chi connectivity index (χ4n) is 4.73. The van der Waals surface area contributed by atoms with E-state index in [-0.39, 0.29) is 52.9 Å². The first-order chi connectivity index (χ1) is 20.4. The second-order valence-electron chi connectivity index (χ2n) is 9.75. The third-order valence-corrected chi connectivity index (χ3v) is 6.86. The molecule has 1 unspecified atom stereocenters. The van der Waals surface area contributed by atoms with Crippen molar-refractivity contribution in [3.05, 3.63) is 71.7 Å². The van der Waals surface area contributed by atoms with E-state index in [2.05, 4.69) is 20.3 Å². The molecule has 1 aliphatic heterocycles. The zero-order valence-electron chi connectivity index (χ0n) is 22.4.